The molecule has 0 heterocycles. The van der Waals surface area contributed by atoms with E-state index in [-0.39, 0.29) is 12.5 Å². The minimum atomic E-state index is -0.495. The zero-order chi connectivity index (χ0) is 19.1. The van der Waals surface area contributed by atoms with Gasteiger partial charge in [0.1, 0.15) is 0 Å². The first-order valence-electron chi connectivity index (χ1n) is 9.08. The largest absolute Gasteiger partial charge is 0.452 e. The minimum Gasteiger partial charge on any atom is -0.452 e. The predicted molar refractivity (Wildman–Crippen MR) is 105 cm³/mol. The topological polar surface area (TPSA) is 55.4 Å². The highest BCUT2D eigenvalue weighted by molar-refractivity contribution is 5.96. The maximum absolute atomic E-state index is 12.2. The average molecular weight is 353 g/mol. The summed E-state index contributed by atoms with van der Waals surface area (Å²) in [6, 6.07) is 15.0. The van der Waals surface area contributed by atoms with Gasteiger partial charge in [-0.2, -0.15) is 0 Å². The van der Waals surface area contributed by atoms with E-state index in [0.29, 0.717) is 17.4 Å². The van der Waals surface area contributed by atoms with Gasteiger partial charge in [0.2, 0.25) is 0 Å². The lowest BCUT2D eigenvalue weighted by Crippen LogP contribution is -2.21. The molecule has 0 unspecified atom stereocenters. The maximum Gasteiger partial charge on any atom is 0.338 e. The Kier molecular flexibility index (Phi) is 6.96. The Balaban J connectivity index is 1.94. The van der Waals surface area contributed by atoms with Crippen molar-refractivity contribution in [2.24, 2.45) is 0 Å². The number of rotatable bonds is 7. The molecule has 0 aliphatic rings. The summed E-state index contributed by atoms with van der Waals surface area (Å²) in [4.78, 5) is 24.3. The summed E-state index contributed by atoms with van der Waals surface area (Å²) in [6.45, 7) is 8.10. The van der Waals surface area contributed by atoms with Crippen LogP contribution < -0.4 is 5.32 Å². The fourth-order valence-corrected chi connectivity index (χ4v) is 2.67. The SMILES string of the molecule is CC[C@@H](C)c1ccccc1NC(=O)COC(=O)c1ccc(C(C)C)cc1. The first-order valence-corrected chi connectivity index (χ1v) is 9.08. The Bertz CT molecular complexity index is 750. The van der Waals surface area contributed by atoms with Crippen LogP contribution in [-0.2, 0) is 9.53 Å². The van der Waals surface area contributed by atoms with E-state index in [1.807, 2.05) is 36.4 Å². The number of ether oxygens (including phenoxy) is 1. The van der Waals surface area contributed by atoms with E-state index in [9.17, 15) is 9.59 Å². The molecular weight excluding hydrogens is 326 g/mol. The molecule has 4 heteroatoms. The average Bonchev–Trinajstić information content (AvgIpc) is 2.66. The third kappa shape index (κ3) is 5.19. The van der Waals surface area contributed by atoms with Gasteiger partial charge in [0, 0.05) is 5.69 Å². The highest BCUT2D eigenvalue weighted by Crippen LogP contribution is 2.26. The van der Waals surface area contributed by atoms with Crippen molar-refractivity contribution in [2.75, 3.05) is 11.9 Å². The molecule has 0 fully saturated rings. The molecule has 1 atom stereocenters. The molecule has 0 saturated heterocycles. The Labute approximate surface area is 155 Å². The molecule has 0 bridgehead atoms. The first kappa shape index (κ1) is 19.7. The summed E-state index contributed by atoms with van der Waals surface area (Å²) >= 11 is 0. The van der Waals surface area contributed by atoms with E-state index < -0.39 is 5.97 Å². The van der Waals surface area contributed by atoms with Gasteiger partial charge in [-0.1, -0.05) is 58.0 Å². The molecule has 138 valence electrons. The number of benzene rings is 2. The Morgan fingerprint density at radius 2 is 1.65 bits per heavy atom. The highest BCUT2D eigenvalue weighted by atomic mass is 16.5. The van der Waals surface area contributed by atoms with Crippen molar-refractivity contribution >= 4 is 17.6 Å². The van der Waals surface area contributed by atoms with Gasteiger partial charge in [0.25, 0.3) is 5.91 Å². The smallest absolute Gasteiger partial charge is 0.338 e. The number of anilines is 1. The van der Waals surface area contributed by atoms with Crippen LogP contribution in [0.4, 0.5) is 5.69 Å². The normalized spacial score (nSPS) is 11.9. The molecule has 4 nitrogen and oxygen atoms in total. The summed E-state index contributed by atoms with van der Waals surface area (Å²) in [6.07, 6.45) is 0.980. The van der Waals surface area contributed by atoms with E-state index in [4.69, 9.17) is 4.74 Å². The van der Waals surface area contributed by atoms with Gasteiger partial charge in [0.15, 0.2) is 6.61 Å². The summed E-state index contributed by atoms with van der Waals surface area (Å²) in [5.74, 6) is -0.0940. The van der Waals surface area contributed by atoms with Crippen LogP contribution in [0, 0.1) is 0 Å². The van der Waals surface area contributed by atoms with Crippen LogP contribution in [0.15, 0.2) is 48.5 Å². The van der Waals surface area contributed by atoms with Crippen molar-refractivity contribution in [3.8, 4) is 0 Å². The van der Waals surface area contributed by atoms with Crippen molar-refractivity contribution in [3.05, 3.63) is 65.2 Å². The van der Waals surface area contributed by atoms with E-state index in [1.165, 1.54) is 0 Å². The van der Waals surface area contributed by atoms with E-state index in [2.05, 4.69) is 33.0 Å². The molecule has 0 aliphatic heterocycles. The van der Waals surface area contributed by atoms with Crippen LogP contribution in [0.1, 0.15) is 67.4 Å². The first-order chi connectivity index (χ1) is 12.4. The van der Waals surface area contributed by atoms with Gasteiger partial charge in [0.05, 0.1) is 5.56 Å². The highest BCUT2D eigenvalue weighted by Gasteiger charge is 2.14. The van der Waals surface area contributed by atoms with Gasteiger partial charge in [-0.25, -0.2) is 4.79 Å². The second-order valence-corrected chi connectivity index (χ2v) is 6.80. The van der Waals surface area contributed by atoms with Crippen LogP contribution in [0.2, 0.25) is 0 Å². The van der Waals surface area contributed by atoms with Crippen molar-refractivity contribution in [1.29, 1.82) is 0 Å². The van der Waals surface area contributed by atoms with Crippen molar-refractivity contribution in [1.82, 2.24) is 0 Å². The van der Waals surface area contributed by atoms with E-state index in [0.717, 1.165) is 23.2 Å². The predicted octanol–water partition coefficient (Wildman–Crippen LogP) is 5.12. The molecule has 2 rings (SSSR count). The molecule has 2 aromatic rings. The van der Waals surface area contributed by atoms with Gasteiger partial charge >= 0.3 is 5.97 Å². The second kappa shape index (κ2) is 9.18. The van der Waals surface area contributed by atoms with Crippen molar-refractivity contribution < 1.29 is 14.3 Å². The number of carbonyl (C=O) groups excluding carboxylic acids is 2. The summed E-state index contributed by atoms with van der Waals surface area (Å²) < 4.78 is 5.14. The lowest BCUT2D eigenvalue weighted by molar-refractivity contribution is -0.119. The third-order valence-corrected chi connectivity index (χ3v) is 4.53. The van der Waals surface area contributed by atoms with Crippen LogP contribution in [-0.4, -0.2) is 18.5 Å². The number of carbonyl (C=O) groups is 2. The summed E-state index contributed by atoms with van der Waals surface area (Å²) in [7, 11) is 0. The van der Waals surface area contributed by atoms with Crippen LogP contribution >= 0.6 is 0 Å². The van der Waals surface area contributed by atoms with Crippen LogP contribution in [0.3, 0.4) is 0 Å². The monoisotopic (exact) mass is 353 g/mol. The van der Waals surface area contributed by atoms with Crippen molar-refractivity contribution in [3.63, 3.8) is 0 Å². The molecule has 1 amide bonds. The lowest BCUT2D eigenvalue weighted by atomic mass is 9.97. The van der Waals surface area contributed by atoms with Gasteiger partial charge < -0.3 is 10.1 Å². The fraction of sp³-hybridized carbons (Fsp3) is 0.364. The lowest BCUT2D eigenvalue weighted by Gasteiger charge is -2.15. The van der Waals surface area contributed by atoms with E-state index >= 15 is 0 Å². The van der Waals surface area contributed by atoms with Gasteiger partial charge in [-0.15, -0.1) is 0 Å². The zero-order valence-corrected chi connectivity index (χ0v) is 15.9. The standard InChI is InChI=1S/C22H27NO3/c1-5-16(4)19-8-6-7-9-20(19)23-21(24)14-26-22(25)18-12-10-17(11-13-18)15(2)3/h6-13,15-16H,5,14H2,1-4H3,(H,23,24)/t16-/m1/s1. The molecule has 1 N–H and O–H groups in total. The minimum absolute atomic E-state index is 0.306. The Morgan fingerprint density at radius 3 is 2.27 bits per heavy atom. The van der Waals surface area contributed by atoms with Crippen LogP contribution in [0.5, 0.6) is 0 Å². The quantitative estimate of drug-likeness (QED) is 0.703. The number of para-hydroxylation sites is 1. The van der Waals surface area contributed by atoms with E-state index in [1.54, 1.807) is 12.1 Å². The Hall–Kier alpha value is -2.62. The summed E-state index contributed by atoms with van der Waals surface area (Å²) in [5, 5.41) is 2.84. The number of hydrogen-bond donors (Lipinski definition) is 1. The molecule has 0 aromatic heterocycles. The third-order valence-electron chi connectivity index (χ3n) is 4.53. The number of esters is 1. The van der Waals surface area contributed by atoms with Crippen molar-refractivity contribution in [2.45, 2.75) is 46.0 Å². The molecule has 2 aromatic carbocycles. The molecule has 26 heavy (non-hydrogen) atoms. The fourth-order valence-electron chi connectivity index (χ4n) is 2.67. The molecule has 0 radical (unpaired) electrons. The number of hydrogen-bond acceptors (Lipinski definition) is 3. The number of amides is 1. The Morgan fingerprint density at radius 1 is 1.00 bits per heavy atom. The number of nitrogens with one attached hydrogen (secondary N) is 1. The summed E-state index contributed by atoms with van der Waals surface area (Å²) in [5.41, 5.74) is 3.45. The maximum atomic E-state index is 12.2. The molecule has 0 spiro atoms. The zero-order valence-electron chi connectivity index (χ0n) is 15.9. The van der Waals surface area contributed by atoms with Gasteiger partial charge in [-0.05, 0) is 47.6 Å². The molecule has 0 saturated carbocycles. The molecular formula is C22H27NO3. The second-order valence-electron chi connectivity index (χ2n) is 6.80. The molecule has 0 aliphatic carbocycles. The van der Waals surface area contributed by atoms with Gasteiger partial charge in [-0.3, -0.25) is 4.79 Å². The van der Waals surface area contributed by atoms with Crippen LogP contribution in [0.25, 0.3) is 0 Å².